The highest BCUT2D eigenvalue weighted by Gasteiger charge is 2.47. The highest BCUT2D eigenvalue weighted by atomic mass is 16.5. The van der Waals surface area contributed by atoms with Gasteiger partial charge in [-0.25, -0.2) is 0 Å². The number of ether oxygens (including phenoxy) is 3. The highest BCUT2D eigenvalue weighted by Crippen LogP contribution is 2.43. The standard InChI is InChI=1S/C30H31NO6/c1-5-35-24-11-7-9-21(17-24)27-26(28(32)20-13-15-23(16-14-20)37-19(3)4)29(33)30(34)31(27)22-10-8-12-25(18-22)36-6-2/h7-19,27,32H,5-6H2,1-4H3/b28-26+. The summed E-state index contributed by atoms with van der Waals surface area (Å²) in [5, 5.41) is 11.4. The number of anilines is 1. The Hall–Kier alpha value is -4.26. The topological polar surface area (TPSA) is 85.3 Å². The van der Waals surface area contributed by atoms with Gasteiger partial charge in [0.05, 0.1) is 30.9 Å². The Morgan fingerprint density at radius 2 is 1.49 bits per heavy atom. The lowest BCUT2D eigenvalue weighted by atomic mass is 9.95. The summed E-state index contributed by atoms with van der Waals surface area (Å²) < 4.78 is 17.0. The van der Waals surface area contributed by atoms with Crippen molar-refractivity contribution in [2.45, 2.75) is 39.8 Å². The first-order valence-corrected chi connectivity index (χ1v) is 12.4. The van der Waals surface area contributed by atoms with Gasteiger partial charge in [0.15, 0.2) is 0 Å². The van der Waals surface area contributed by atoms with Gasteiger partial charge in [-0.1, -0.05) is 18.2 Å². The largest absolute Gasteiger partial charge is 0.507 e. The normalized spacial score (nSPS) is 16.8. The molecule has 1 aliphatic rings. The second-order valence-corrected chi connectivity index (χ2v) is 8.80. The third-order valence-electron chi connectivity index (χ3n) is 5.84. The van der Waals surface area contributed by atoms with Crippen molar-refractivity contribution in [1.29, 1.82) is 0 Å². The molecular weight excluding hydrogens is 470 g/mol. The Morgan fingerprint density at radius 3 is 2.11 bits per heavy atom. The van der Waals surface area contributed by atoms with Gasteiger partial charge in [-0.2, -0.15) is 0 Å². The second-order valence-electron chi connectivity index (χ2n) is 8.80. The Kier molecular flexibility index (Phi) is 7.82. The van der Waals surface area contributed by atoms with Crippen LogP contribution in [0.2, 0.25) is 0 Å². The highest BCUT2D eigenvalue weighted by molar-refractivity contribution is 6.51. The van der Waals surface area contributed by atoms with Gasteiger partial charge in [-0.3, -0.25) is 14.5 Å². The molecule has 0 saturated carbocycles. The molecule has 37 heavy (non-hydrogen) atoms. The van der Waals surface area contributed by atoms with Crippen LogP contribution in [-0.4, -0.2) is 36.1 Å². The number of carbonyl (C=O) groups excluding carboxylic acids is 2. The first-order valence-electron chi connectivity index (χ1n) is 12.4. The maximum absolute atomic E-state index is 13.4. The molecule has 7 nitrogen and oxygen atoms in total. The molecule has 0 bridgehead atoms. The monoisotopic (exact) mass is 501 g/mol. The van der Waals surface area contributed by atoms with Crippen LogP contribution in [0.3, 0.4) is 0 Å². The van der Waals surface area contributed by atoms with Crippen molar-refractivity contribution in [1.82, 2.24) is 0 Å². The van der Waals surface area contributed by atoms with E-state index in [4.69, 9.17) is 14.2 Å². The first kappa shape index (κ1) is 25.8. The van der Waals surface area contributed by atoms with Crippen LogP contribution >= 0.6 is 0 Å². The van der Waals surface area contributed by atoms with Crippen LogP contribution in [0, 0.1) is 0 Å². The maximum Gasteiger partial charge on any atom is 0.300 e. The number of amides is 1. The van der Waals surface area contributed by atoms with E-state index in [-0.39, 0.29) is 17.4 Å². The van der Waals surface area contributed by atoms with Gasteiger partial charge >= 0.3 is 0 Å². The summed E-state index contributed by atoms with van der Waals surface area (Å²) >= 11 is 0. The number of benzene rings is 3. The fourth-order valence-corrected chi connectivity index (χ4v) is 4.36. The van der Waals surface area contributed by atoms with E-state index >= 15 is 0 Å². The molecule has 0 radical (unpaired) electrons. The van der Waals surface area contributed by atoms with Crippen molar-refractivity contribution in [3.8, 4) is 17.2 Å². The van der Waals surface area contributed by atoms with E-state index in [0.29, 0.717) is 47.3 Å². The lowest BCUT2D eigenvalue weighted by Gasteiger charge is -2.26. The van der Waals surface area contributed by atoms with Crippen molar-refractivity contribution in [3.05, 3.63) is 89.5 Å². The van der Waals surface area contributed by atoms with Crippen LogP contribution < -0.4 is 19.1 Å². The molecule has 1 unspecified atom stereocenters. The molecule has 1 saturated heterocycles. The summed E-state index contributed by atoms with van der Waals surface area (Å²) in [6, 6.07) is 20.1. The zero-order valence-corrected chi connectivity index (χ0v) is 21.4. The molecule has 1 amide bonds. The summed E-state index contributed by atoms with van der Waals surface area (Å²) in [5.74, 6) is 0.0501. The van der Waals surface area contributed by atoms with Crippen molar-refractivity contribution < 1.29 is 28.9 Å². The summed E-state index contributed by atoms with van der Waals surface area (Å²) in [6.45, 7) is 8.52. The van der Waals surface area contributed by atoms with Gasteiger partial charge in [0.2, 0.25) is 0 Å². The quantitative estimate of drug-likeness (QED) is 0.223. The predicted octanol–water partition coefficient (Wildman–Crippen LogP) is 5.90. The van der Waals surface area contributed by atoms with Crippen molar-refractivity contribution >= 4 is 23.1 Å². The fraction of sp³-hybridized carbons (Fsp3) is 0.267. The number of nitrogens with zero attached hydrogens (tertiary/aromatic N) is 1. The third-order valence-corrected chi connectivity index (χ3v) is 5.84. The minimum atomic E-state index is -0.871. The van der Waals surface area contributed by atoms with E-state index in [1.165, 1.54) is 4.90 Å². The fourth-order valence-electron chi connectivity index (χ4n) is 4.36. The number of aliphatic hydroxyl groups is 1. The Labute approximate surface area is 216 Å². The number of carbonyl (C=O) groups is 2. The van der Waals surface area contributed by atoms with Crippen LogP contribution in [-0.2, 0) is 9.59 Å². The Balaban J connectivity index is 1.87. The molecule has 192 valence electrons. The maximum atomic E-state index is 13.4. The van der Waals surface area contributed by atoms with Gasteiger partial charge in [-0.05, 0) is 81.8 Å². The van der Waals surface area contributed by atoms with Crippen LogP contribution in [0.5, 0.6) is 17.2 Å². The van der Waals surface area contributed by atoms with Crippen LogP contribution in [0.1, 0.15) is 44.9 Å². The lowest BCUT2D eigenvalue weighted by molar-refractivity contribution is -0.132. The van der Waals surface area contributed by atoms with Gasteiger partial charge in [-0.15, -0.1) is 0 Å². The van der Waals surface area contributed by atoms with Crippen LogP contribution in [0.25, 0.3) is 5.76 Å². The summed E-state index contributed by atoms with van der Waals surface area (Å²) in [6.07, 6.45) is -0.00478. The Morgan fingerprint density at radius 1 is 0.865 bits per heavy atom. The molecule has 1 N–H and O–H groups in total. The lowest BCUT2D eigenvalue weighted by Crippen LogP contribution is -2.29. The van der Waals surface area contributed by atoms with E-state index in [0.717, 1.165) is 0 Å². The van der Waals surface area contributed by atoms with Gasteiger partial charge in [0, 0.05) is 17.3 Å². The van der Waals surface area contributed by atoms with E-state index in [2.05, 4.69) is 0 Å². The van der Waals surface area contributed by atoms with E-state index in [1.807, 2.05) is 39.8 Å². The molecule has 7 heteroatoms. The van der Waals surface area contributed by atoms with Crippen molar-refractivity contribution in [2.75, 3.05) is 18.1 Å². The number of rotatable bonds is 9. The molecule has 1 aliphatic heterocycles. The molecule has 0 aromatic heterocycles. The molecular formula is C30H31NO6. The molecule has 1 fully saturated rings. The predicted molar refractivity (Wildman–Crippen MR) is 142 cm³/mol. The summed E-state index contributed by atoms with van der Waals surface area (Å²) in [4.78, 5) is 28.3. The number of aliphatic hydroxyl groups excluding tert-OH is 1. The second kappa shape index (κ2) is 11.2. The van der Waals surface area contributed by atoms with Crippen LogP contribution in [0.15, 0.2) is 78.4 Å². The van der Waals surface area contributed by atoms with Crippen LogP contribution in [0.4, 0.5) is 5.69 Å². The van der Waals surface area contributed by atoms with Gasteiger partial charge in [0.1, 0.15) is 23.0 Å². The summed E-state index contributed by atoms with van der Waals surface area (Å²) in [7, 11) is 0. The molecule has 1 atom stereocenters. The van der Waals surface area contributed by atoms with E-state index in [1.54, 1.807) is 60.7 Å². The third kappa shape index (κ3) is 5.45. The molecule has 4 rings (SSSR count). The average molecular weight is 502 g/mol. The molecule has 3 aromatic carbocycles. The number of Topliss-reactive ketones (excluding diaryl/α,β-unsaturated/α-hetero) is 1. The van der Waals surface area contributed by atoms with Gasteiger partial charge < -0.3 is 19.3 Å². The van der Waals surface area contributed by atoms with E-state index in [9.17, 15) is 14.7 Å². The zero-order chi connectivity index (χ0) is 26.5. The molecule has 0 spiro atoms. The number of hydrogen-bond acceptors (Lipinski definition) is 6. The minimum absolute atomic E-state index is 0.00186. The zero-order valence-electron chi connectivity index (χ0n) is 21.4. The summed E-state index contributed by atoms with van der Waals surface area (Å²) in [5.41, 5.74) is 1.52. The SMILES string of the molecule is CCOc1cccc(C2/C(=C(\O)c3ccc(OC(C)C)cc3)C(=O)C(=O)N2c2cccc(OCC)c2)c1. The minimum Gasteiger partial charge on any atom is -0.507 e. The van der Waals surface area contributed by atoms with E-state index < -0.39 is 17.7 Å². The average Bonchev–Trinajstić information content (AvgIpc) is 3.15. The number of ketones is 1. The molecule has 0 aliphatic carbocycles. The Bertz CT molecular complexity index is 1310. The van der Waals surface area contributed by atoms with Crippen molar-refractivity contribution in [2.24, 2.45) is 0 Å². The molecule has 3 aromatic rings. The number of hydrogen-bond donors (Lipinski definition) is 1. The smallest absolute Gasteiger partial charge is 0.300 e. The van der Waals surface area contributed by atoms with Gasteiger partial charge in [0.25, 0.3) is 11.7 Å². The molecule has 1 heterocycles. The van der Waals surface area contributed by atoms with Crippen molar-refractivity contribution in [3.63, 3.8) is 0 Å². The first-order chi connectivity index (χ1) is 17.8.